The smallest absolute Gasteiger partial charge is 0.417 e. The van der Waals surface area contributed by atoms with Gasteiger partial charge in [0, 0.05) is 23.0 Å². The second kappa shape index (κ2) is 17.8. The van der Waals surface area contributed by atoms with Crippen LogP contribution >= 0.6 is 11.9 Å². The molecule has 1 unspecified atom stereocenters. The molecule has 50 heavy (non-hydrogen) atoms. The van der Waals surface area contributed by atoms with Crippen LogP contribution in [-0.2, 0) is 27.1 Å². The molecule has 0 aliphatic heterocycles. The zero-order valence-electron chi connectivity index (χ0n) is 28.8. The van der Waals surface area contributed by atoms with Gasteiger partial charge in [0.2, 0.25) is 0 Å². The maximum absolute atomic E-state index is 14.5. The molecule has 0 aliphatic rings. The number of ether oxygens (including phenoxy) is 2. The van der Waals surface area contributed by atoms with Crippen LogP contribution in [0, 0.1) is 11.6 Å². The second-order valence-electron chi connectivity index (χ2n) is 13.5. The fourth-order valence-corrected chi connectivity index (χ4v) is 5.28. The van der Waals surface area contributed by atoms with Crippen LogP contribution in [-0.4, -0.2) is 64.2 Å². The van der Waals surface area contributed by atoms with E-state index in [-0.39, 0.29) is 36.2 Å². The number of hydrogen-bond donors (Lipinski definition) is 5. The number of hydrogen-bond acceptors (Lipinski definition) is 8. The minimum absolute atomic E-state index is 0.0419. The van der Waals surface area contributed by atoms with Crippen LogP contribution in [0.5, 0.6) is 0 Å². The van der Waals surface area contributed by atoms with Gasteiger partial charge in [0.15, 0.2) is 6.10 Å². The van der Waals surface area contributed by atoms with Gasteiger partial charge in [0.1, 0.15) is 22.8 Å². The molecule has 0 spiro atoms. The standard InChI is InChI=1S/C36H44F2N4O7S/c1-35(2,3)48-33(46)41-29(17-22-11-8-7-9-12-22)30(43)32(45)40-26-14-10-13-23(19-26)31(44)39-21-27(50-42-34(47)49-36(4,5)6)20-24-18-25(37)15-16-28(24)38/h7-16,18-19,27,29-30,43H,17,20-21H2,1-6H3,(H,39,44)(H,40,45)(H,41,46)(H,42,47)/t27?,29-,30+/m1/s1. The van der Waals surface area contributed by atoms with Crippen LogP contribution in [0.4, 0.5) is 24.1 Å². The van der Waals surface area contributed by atoms with Gasteiger partial charge in [-0.3, -0.25) is 14.3 Å². The zero-order valence-corrected chi connectivity index (χ0v) is 29.7. The van der Waals surface area contributed by atoms with Crippen LogP contribution < -0.4 is 20.7 Å². The number of carbonyl (C=O) groups is 4. The lowest BCUT2D eigenvalue weighted by Gasteiger charge is -2.26. The van der Waals surface area contributed by atoms with Crippen LogP contribution in [0.2, 0.25) is 0 Å². The van der Waals surface area contributed by atoms with E-state index in [1.165, 1.54) is 24.3 Å². The molecule has 0 aromatic heterocycles. The Kier molecular flexibility index (Phi) is 14.2. The van der Waals surface area contributed by atoms with E-state index in [2.05, 4.69) is 20.7 Å². The van der Waals surface area contributed by atoms with E-state index in [0.717, 1.165) is 35.7 Å². The van der Waals surface area contributed by atoms with Crippen molar-refractivity contribution in [1.82, 2.24) is 15.4 Å². The highest BCUT2D eigenvalue weighted by molar-refractivity contribution is 7.98. The Hall–Kier alpha value is -4.69. The minimum atomic E-state index is -1.70. The van der Waals surface area contributed by atoms with E-state index < -0.39 is 64.2 Å². The van der Waals surface area contributed by atoms with Crippen molar-refractivity contribution in [1.29, 1.82) is 0 Å². The van der Waals surface area contributed by atoms with E-state index in [9.17, 15) is 33.1 Å². The third kappa shape index (κ3) is 14.0. The molecule has 0 aliphatic carbocycles. The Morgan fingerprint density at radius 2 is 1.48 bits per heavy atom. The molecule has 3 aromatic rings. The van der Waals surface area contributed by atoms with Gasteiger partial charge in [-0.05, 0) is 114 Å². The number of rotatable bonds is 13. The summed E-state index contributed by atoms with van der Waals surface area (Å²) in [4.78, 5) is 51.2. The van der Waals surface area contributed by atoms with Crippen molar-refractivity contribution in [2.45, 2.75) is 83.0 Å². The lowest BCUT2D eigenvalue weighted by molar-refractivity contribution is -0.125. The van der Waals surface area contributed by atoms with Crippen LogP contribution in [0.1, 0.15) is 63.0 Å². The lowest BCUT2D eigenvalue weighted by atomic mass is 10.0. The molecule has 0 heterocycles. The largest absolute Gasteiger partial charge is 0.444 e. The number of aliphatic hydroxyl groups is 1. The van der Waals surface area contributed by atoms with Gasteiger partial charge in [-0.1, -0.05) is 36.4 Å². The molecular weight excluding hydrogens is 670 g/mol. The second-order valence-corrected chi connectivity index (χ2v) is 14.6. The van der Waals surface area contributed by atoms with E-state index in [0.29, 0.717) is 0 Å². The highest BCUT2D eigenvalue weighted by atomic mass is 32.2. The molecule has 11 nitrogen and oxygen atoms in total. The molecular formula is C36H44F2N4O7S. The molecule has 14 heteroatoms. The fourth-order valence-electron chi connectivity index (χ4n) is 4.55. The molecule has 0 fully saturated rings. The first-order chi connectivity index (χ1) is 23.4. The van der Waals surface area contributed by atoms with Gasteiger partial charge >= 0.3 is 12.2 Å². The minimum Gasteiger partial charge on any atom is -0.444 e. The third-order valence-electron chi connectivity index (χ3n) is 6.70. The molecule has 5 N–H and O–H groups in total. The Labute approximate surface area is 295 Å². The van der Waals surface area contributed by atoms with Crippen LogP contribution in [0.25, 0.3) is 0 Å². The molecule has 3 atom stereocenters. The number of halogens is 2. The Bertz CT molecular complexity index is 1630. The van der Waals surface area contributed by atoms with Crippen molar-refractivity contribution in [3.63, 3.8) is 0 Å². The third-order valence-corrected chi connectivity index (χ3v) is 7.65. The summed E-state index contributed by atoms with van der Waals surface area (Å²) >= 11 is 0.890. The SMILES string of the molecule is CC(C)(C)OC(=O)NSC(CNC(=O)c1cccc(NC(=O)[C@@H](O)[C@@H](Cc2ccccc2)NC(=O)OC(C)(C)C)c1)Cc1cc(F)ccc1F. The predicted octanol–water partition coefficient (Wildman–Crippen LogP) is 5.91. The Morgan fingerprint density at radius 1 is 0.820 bits per heavy atom. The van der Waals surface area contributed by atoms with Gasteiger partial charge in [-0.25, -0.2) is 18.4 Å². The highest BCUT2D eigenvalue weighted by Gasteiger charge is 2.30. The number of aliphatic hydroxyl groups excluding tert-OH is 1. The average molecular weight is 715 g/mol. The van der Waals surface area contributed by atoms with Crippen molar-refractivity contribution in [2.75, 3.05) is 11.9 Å². The van der Waals surface area contributed by atoms with Gasteiger partial charge in [0.05, 0.1) is 6.04 Å². The molecule has 0 radical (unpaired) electrons. The average Bonchev–Trinajstić information content (AvgIpc) is 3.02. The van der Waals surface area contributed by atoms with Crippen molar-refractivity contribution in [3.8, 4) is 0 Å². The van der Waals surface area contributed by atoms with E-state index >= 15 is 0 Å². The molecule has 270 valence electrons. The van der Waals surface area contributed by atoms with Crippen molar-refractivity contribution in [3.05, 3.63) is 101 Å². The summed E-state index contributed by atoms with van der Waals surface area (Å²) in [6.45, 7) is 10.1. The Morgan fingerprint density at radius 3 is 2.14 bits per heavy atom. The maximum Gasteiger partial charge on any atom is 0.417 e. The zero-order chi connectivity index (χ0) is 37.1. The monoisotopic (exact) mass is 714 g/mol. The molecule has 0 bridgehead atoms. The van der Waals surface area contributed by atoms with E-state index in [1.54, 1.807) is 65.8 Å². The maximum atomic E-state index is 14.5. The number of alkyl carbamates (subject to hydrolysis) is 1. The molecule has 0 saturated carbocycles. The van der Waals surface area contributed by atoms with E-state index in [1.807, 2.05) is 6.07 Å². The number of carbonyl (C=O) groups excluding carboxylic acids is 4. The number of benzene rings is 3. The molecule has 0 saturated heterocycles. The highest BCUT2D eigenvalue weighted by Crippen LogP contribution is 2.20. The Balaban J connectivity index is 1.70. The summed E-state index contributed by atoms with van der Waals surface area (Å²) in [6.07, 6.45) is -3.16. The summed E-state index contributed by atoms with van der Waals surface area (Å²) < 4.78 is 41.4. The van der Waals surface area contributed by atoms with Crippen LogP contribution in [0.15, 0.2) is 72.8 Å². The number of nitrogens with one attached hydrogen (secondary N) is 4. The first-order valence-corrected chi connectivity index (χ1v) is 16.8. The summed E-state index contributed by atoms with van der Waals surface area (Å²) in [7, 11) is 0. The first kappa shape index (κ1) is 39.7. The van der Waals surface area contributed by atoms with Crippen LogP contribution in [0.3, 0.4) is 0 Å². The summed E-state index contributed by atoms with van der Waals surface area (Å²) in [5.41, 5.74) is -0.424. The first-order valence-electron chi connectivity index (χ1n) is 15.9. The van der Waals surface area contributed by atoms with Gasteiger partial charge in [-0.2, -0.15) is 0 Å². The normalized spacial score (nSPS) is 13.3. The number of anilines is 1. The van der Waals surface area contributed by atoms with Gasteiger partial charge in [0.25, 0.3) is 11.8 Å². The lowest BCUT2D eigenvalue weighted by Crippen LogP contribution is -2.51. The van der Waals surface area contributed by atoms with Gasteiger partial charge < -0.3 is 30.5 Å². The summed E-state index contributed by atoms with van der Waals surface area (Å²) in [5, 5.41) is 18.3. The molecule has 4 amide bonds. The molecule has 3 rings (SSSR count). The number of amides is 4. The van der Waals surface area contributed by atoms with Crippen molar-refractivity contribution >= 4 is 41.6 Å². The van der Waals surface area contributed by atoms with Gasteiger partial charge in [-0.15, -0.1) is 0 Å². The summed E-state index contributed by atoms with van der Waals surface area (Å²) in [5.74, 6) is -2.66. The summed E-state index contributed by atoms with van der Waals surface area (Å²) in [6, 6.07) is 16.9. The van der Waals surface area contributed by atoms with Crippen molar-refractivity contribution < 1.29 is 42.5 Å². The topological polar surface area (TPSA) is 155 Å². The predicted molar refractivity (Wildman–Crippen MR) is 188 cm³/mol. The molecule has 3 aromatic carbocycles. The fraction of sp³-hybridized carbons (Fsp3) is 0.389. The van der Waals surface area contributed by atoms with E-state index in [4.69, 9.17) is 9.47 Å². The van der Waals surface area contributed by atoms with Crippen molar-refractivity contribution in [2.24, 2.45) is 0 Å². The quantitative estimate of drug-likeness (QED) is 0.137.